The second kappa shape index (κ2) is 3.47. The van der Waals surface area contributed by atoms with E-state index in [4.69, 9.17) is 10.2 Å². The molecule has 0 amide bonds. The maximum absolute atomic E-state index is 5.53. The van der Waals surface area contributed by atoms with Gasteiger partial charge in [0.25, 0.3) is 0 Å². The maximum atomic E-state index is 5.53. The summed E-state index contributed by atoms with van der Waals surface area (Å²) in [5.41, 5.74) is 6.95. The number of fused-ring (bicyclic) bond motifs is 1. The van der Waals surface area contributed by atoms with E-state index >= 15 is 0 Å². The van der Waals surface area contributed by atoms with Crippen molar-refractivity contribution < 1.29 is 4.42 Å². The molecule has 15 heavy (non-hydrogen) atoms. The van der Waals surface area contributed by atoms with E-state index in [1.54, 1.807) is 6.20 Å². The lowest BCUT2D eigenvalue weighted by Crippen LogP contribution is -1.94. The van der Waals surface area contributed by atoms with Crippen molar-refractivity contribution in [3.8, 4) is 10.6 Å². The molecule has 78 valence electrons. The Morgan fingerprint density at radius 2 is 2.40 bits per heavy atom. The number of hydrogen-bond donors (Lipinski definition) is 1. The molecule has 0 atom stereocenters. The minimum atomic E-state index is 0.366. The van der Waals surface area contributed by atoms with Crippen LogP contribution in [0.5, 0.6) is 0 Å². The van der Waals surface area contributed by atoms with E-state index in [0.717, 1.165) is 5.76 Å². The molecular formula is C11H12N2OS. The fourth-order valence-corrected chi connectivity index (χ4v) is 3.17. The topological polar surface area (TPSA) is 52.0 Å². The molecule has 0 fully saturated rings. The van der Waals surface area contributed by atoms with Gasteiger partial charge in [-0.2, -0.15) is 0 Å². The Morgan fingerprint density at radius 3 is 3.13 bits per heavy atom. The molecule has 0 aliphatic heterocycles. The quantitative estimate of drug-likeness (QED) is 0.845. The van der Waals surface area contributed by atoms with Crippen LogP contribution in [0.15, 0.2) is 16.7 Å². The highest BCUT2D eigenvalue weighted by atomic mass is 32.1. The van der Waals surface area contributed by atoms with Gasteiger partial charge in [0.05, 0.1) is 17.6 Å². The number of nitrogens with zero attached hydrogens (tertiary/aromatic N) is 1. The predicted octanol–water partition coefficient (Wildman–Crippen LogP) is 2.35. The lowest BCUT2D eigenvalue weighted by atomic mass is 10.2. The third-order valence-electron chi connectivity index (χ3n) is 2.72. The highest BCUT2D eigenvalue weighted by Crippen LogP contribution is 2.36. The van der Waals surface area contributed by atoms with Gasteiger partial charge in [-0.15, -0.1) is 11.3 Å². The van der Waals surface area contributed by atoms with Gasteiger partial charge >= 0.3 is 0 Å². The average Bonchev–Trinajstić information content (AvgIpc) is 2.91. The van der Waals surface area contributed by atoms with Gasteiger partial charge in [0.15, 0.2) is 5.76 Å². The summed E-state index contributed by atoms with van der Waals surface area (Å²) in [6.07, 6.45) is 5.50. The molecule has 2 aromatic rings. The van der Waals surface area contributed by atoms with Crippen molar-refractivity contribution in [2.24, 2.45) is 5.73 Å². The Labute approximate surface area is 91.9 Å². The summed E-state index contributed by atoms with van der Waals surface area (Å²) in [6.45, 7) is 0.366. The van der Waals surface area contributed by atoms with Crippen LogP contribution in [-0.2, 0) is 19.4 Å². The minimum Gasteiger partial charge on any atom is -0.438 e. The molecule has 2 heterocycles. The fraction of sp³-hybridized carbons (Fsp3) is 0.364. The molecule has 0 spiro atoms. The van der Waals surface area contributed by atoms with E-state index in [1.165, 1.54) is 34.6 Å². The second-order valence-corrected chi connectivity index (χ2v) is 4.87. The Bertz CT molecular complexity index is 465. The molecule has 0 aromatic carbocycles. The molecule has 3 rings (SSSR count). The van der Waals surface area contributed by atoms with Gasteiger partial charge in [-0.3, -0.25) is 0 Å². The zero-order chi connectivity index (χ0) is 10.3. The molecule has 0 radical (unpaired) electrons. The summed E-state index contributed by atoms with van der Waals surface area (Å²) in [4.78, 5) is 6.81. The summed E-state index contributed by atoms with van der Waals surface area (Å²) in [6, 6.07) is 2.23. The first-order chi connectivity index (χ1) is 7.36. The van der Waals surface area contributed by atoms with Crippen LogP contribution in [0.25, 0.3) is 10.6 Å². The van der Waals surface area contributed by atoms with Gasteiger partial charge in [-0.1, -0.05) is 0 Å². The number of hydrogen-bond acceptors (Lipinski definition) is 4. The number of nitrogens with two attached hydrogens (primary N) is 1. The van der Waals surface area contributed by atoms with Gasteiger partial charge in [-0.05, 0) is 30.9 Å². The zero-order valence-electron chi connectivity index (χ0n) is 8.32. The van der Waals surface area contributed by atoms with Crippen LogP contribution in [0.4, 0.5) is 0 Å². The first kappa shape index (κ1) is 9.12. The van der Waals surface area contributed by atoms with Gasteiger partial charge in [0, 0.05) is 4.88 Å². The molecule has 2 N–H and O–H groups in total. The SMILES string of the molecule is NCc1ncc(-c2cc3c(s2)CCC3)o1. The first-order valence-corrected chi connectivity index (χ1v) is 5.95. The van der Waals surface area contributed by atoms with Crippen molar-refractivity contribution in [3.05, 3.63) is 28.6 Å². The van der Waals surface area contributed by atoms with Crippen LogP contribution in [-0.4, -0.2) is 4.98 Å². The van der Waals surface area contributed by atoms with Gasteiger partial charge in [-0.25, -0.2) is 4.98 Å². The lowest BCUT2D eigenvalue weighted by Gasteiger charge is -1.90. The minimum absolute atomic E-state index is 0.366. The van der Waals surface area contributed by atoms with Gasteiger partial charge < -0.3 is 10.2 Å². The largest absolute Gasteiger partial charge is 0.438 e. The number of thiophene rings is 1. The van der Waals surface area contributed by atoms with E-state index in [-0.39, 0.29) is 0 Å². The molecule has 3 nitrogen and oxygen atoms in total. The molecule has 0 saturated carbocycles. The first-order valence-electron chi connectivity index (χ1n) is 5.13. The molecule has 0 saturated heterocycles. The van der Waals surface area contributed by atoms with Gasteiger partial charge in [0.1, 0.15) is 0 Å². The van der Waals surface area contributed by atoms with Crippen LogP contribution >= 0.6 is 11.3 Å². The molecule has 0 unspecified atom stereocenters. The third-order valence-corrected chi connectivity index (χ3v) is 3.97. The molecule has 1 aliphatic rings. The average molecular weight is 220 g/mol. The summed E-state index contributed by atoms with van der Waals surface area (Å²) < 4.78 is 5.53. The van der Waals surface area contributed by atoms with Crippen LogP contribution < -0.4 is 5.73 Å². The molecule has 4 heteroatoms. The Kier molecular flexibility index (Phi) is 2.11. The normalized spacial score (nSPS) is 14.5. The lowest BCUT2D eigenvalue weighted by molar-refractivity contribution is 0.510. The fourth-order valence-electron chi connectivity index (χ4n) is 1.97. The maximum Gasteiger partial charge on any atom is 0.208 e. The summed E-state index contributed by atoms with van der Waals surface area (Å²) in [5.74, 6) is 1.47. The Hall–Kier alpha value is -1.13. The van der Waals surface area contributed by atoms with Crippen LogP contribution in [0.1, 0.15) is 22.8 Å². The number of oxazole rings is 1. The van der Waals surface area contributed by atoms with Crippen molar-refractivity contribution in [1.82, 2.24) is 4.98 Å². The molecule has 0 bridgehead atoms. The smallest absolute Gasteiger partial charge is 0.208 e. The third kappa shape index (κ3) is 1.50. The zero-order valence-corrected chi connectivity index (χ0v) is 9.14. The monoisotopic (exact) mass is 220 g/mol. The van der Waals surface area contributed by atoms with E-state index < -0.39 is 0 Å². The van der Waals surface area contributed by atoms with E-state index in [9.17, 15) is 0 Å². The number of aromatic nitrogens is 1. The van der Waals surface area contributed by atoms with Crippen molar-refractivity contribution in [2.45, 2.75) is 25.8 Å². The standard InChI is InChI=1S/C11H12N2OS/c12-5-11-13-6-8(14-11)10-4-7-2-1-3-9(7)15-10/h4,6H,1-3,5,12H2. The van der Waals surface area contributed by atoms with Crippen LogP contribution in [0, 0.1) is 0 Å². The molecule has 2 aromatic heterocycles. The number of rotatable bonds is 2. The summed E-state index contributed by atoms with van der Waals surface area (Å²) in [7, 11) is 0. The van der Waals surface area contributed by atoms with E-state index in [2.05, 4.69) is 11.1 Å². The van der Waals surface area contributed by atoms with Gasteiger partial charge in [0.2, 0.25) is 5.89 Å². The summed E-state index contributed by atoms with van der Waals surface area (Å²) >= 11 is 1.82. The van der Waals surface area contributed by atoms with Crippen molar-refractivity contribution in [3.63, 3.8) is 0 Å². The second-order valence-electron chi connectivity index (χ2n) is 3.73. The highest BCUT2D eigenvalue weighted by Gasteiger charge is 2.17. The molecular weight excluding hydrogens is 208 g/mol. The predicted molar refractivity (Wildman–Crippen MR) is 59.7 cm³/mol. The molecule has 1 aliphatic carbocycles. The van der Waals surface area contributed by atoms with E-state index in [1.807, 2.05) is 11.3 Å². The van der Waals surface area contributed by atoms with E-state index in [0.29, 0.717) is 12.4 Å². The van der Waals surface area contributed by atoms with Crippen molar-refractivity contribution in [2.75, 3.05) is 0 Å². The van der Waals surface area contributed by atoms with Crippen LogP contribution in [0.2, 0.25) is 0 Å². The number of aryl methyl sites for hydroxylation is 2. The van der Waals surface area contributed by atoms with Crippen molar-refractivity contribution >= 4 is 11.3 Å². The Balaban J connectivity index is 1.98. The highest BCUT2D eigenvalue weighted by molar-refractivity contribution is 7.15. The van der Waals surface area contributed by atoms with Crippen LogP contribution in [0.3, 0.4) is 0 Å². The van der Waals surface area contributed by atoms with Crippen molar-refractivity contribution in [1.29, 1.82) is 0 Å². The summed E-state index contributed by atoms with van der Waals surface area (Å²) in [5, 5.41) is 0. The Morgan fingerprint density at radius 1 is 1.47 bits per heavy atom.